The van der Waals surface area contributed by atoms with Crippen molar-refractivity contribution in [3.8, 4) is 0 Å². The molecule has 6 unspecified atom stereocenters. The molecule has 6 aliphatic rings. The maximum atomic E-state index is 14.0. The quantitative estimate of drug-likeness (QED) is 0.446. The van der Waals surface area contributed by atoms with Crippen LogP contribution in [0, 0.1) is 58.8 Å². The summed E-state index contributed by atoms with van der Waals surface area (Å²) in [5.74, 6) is -0.837. The number of fused-ring (bicyclic) bond motifs is 2. The summed E-state index contributed by atoms with van der Waals surface area (Å²) in [7, 11) is 0. The SMILES string of the molecule is O=C(C1C[C@H]2CNC(N3N=CCC3c3cc(F)cc(F)c3)[C@H]2C1)C1C[C@H]2CNC(N3N=CCC3c3cc(F)cc(F)c3)[C@H]2C1. The Morgan fingerprint density at radius 2 is 1.05 bits per heavy atom. The fourth-order valence-electron chi connectivity index (χ4n) is 9.29. The zero-order valence-corrected chi connectivity index (χ0v) is 24.3. The summed E-state index contributed by atoms with van der Waals surface area (Å²) in [5.41, 5.74) is 1.15. The van der Waals surface area contributed by atoms with Gasteiger partial charge in [-0.25, -0.2) is 17.6 Å². The number of hydrazone groups is 2. The highest BCUT2D eigenvalue weighted by Gasteiger charge is 2.53. The van der Waals surface area contributed by atoms with Crippen LogP contribution < -0.4 is 10.6 Å². The molecular weight excluding hydrogens is 572 g/mol. The van der Waals surface area contributed by atoms with E-state index in [0.717, 1.165) is 50.9 Å². The van der Waals surface area contributed by atoms with Gasteiger partial charge in [0, 0.05) is 62.3 Å². The largest absolute Gasteiger partial charge is 0.299 e. The van der Waals surface area contributed by atoms with Crippen LogP contribution in [0.4, 0.5) is 17.6 Å². The van der Waals surface area contributed by atoms with Crippen LogP contribution in [0.25, 0.3) is 0 Å². The van der Waals surface area contributed by atoms with Crippen LogP contribution in [0.1, 0.15) is 61.7 Å². The summed E-state index contributed by atoms with van der Waals surface area (Å²) in [6.45, 7) is 1.60. The van der Waals surface area contributed by atoms with Gasteiger partial charge in [-0.1, -0.05) is 0 Å². The summed E-state index contributed by atoms with van der Waals surface area (Å²) in [4.78, 5) is 14.0. The molecule has 44 heavy (non-hydrogen) atoms. The maximum absolute atomic E-state index is 14.0. The number of carbonyl (C=O) groups excluding carboxylic acids is 1. The van der Waals surface area contributed by atoms with Gasteiger partial charge >= 0.3 is 0 Å². The lowest BCUT2D eigenvalue weighted by Crippen LogP contribution is -2.43. The number of nitrogens with zero attached hydrogens (tertiary/aromatic N) is 4. The third kappa shape index (κ3) is 4.83. The summed E-state index contributed by atoms with van der Waals surface area (Å²) in [5, 5.41) is 20.3. The van der Waals surface area contributed by atoms with E-state index in [4.69, 9.17) is 0 Å². The first-order valence-corrected chi connectivity index (χ1v) is 15.9. The third-order valence-corrected chi connectivity index (χ3v) is 11.1. The molecule has 4 heterocycles. The molecule has 0 bridgehead atoms. The van der Waals surface area contributed by atoms with E-state index in [2.05, 4.69) is 20.8 Å². The lowest BCUT2D eigenvalue weighted by Gasteiger charge is -2.34. The highest BCUT2D eigenvalue weighted by Crippen LogP contribution is 2.50. The molecule has 8 rings (SSSR count). The lowest BCUT2D eigenvalue weighted by atomic mass is 9.88. The van der Waals surface area contributed by atoms with Crippen LogP contribution in [-0.2, 0) is 4.79 Å². The lowest BCUT2D eigenvalue weighted by molar-refractivity contribution is -0.127. The average molecular weight is 609 g/mol. The second kappa shape index (κ2) is 10.9. The van der Waals surface area contributed by atoms with E-state index >= 15 is 0 Å². The molecule has 0 aromatic heterocycles. The molecule has 2 saturated heterocycles. The Morgan fingerprint density at radius 3 is 1.45 bits per heavy atom. The van der Waals surface area contributed by atoms with Crippen LogP contribution in [0.5, 0.6) is 0 Å². The van der Waals surface area contributed by atoms with Crippen LogP contribution in [0.15, 0.2) is 46.6 Å². The van der Waals surface area contributed by atoms with E-state index in [1.807, 2.05) is 22.4 Å². The highest BCUT2D eigenvalue weighted by molar-refractivity contribution is 5.84. The van der Waals surface area contributed by atoms with Crippen molar-refractivity contribution in [3.63, 3.8) is 0 Å². The fourth-order valence-corrected chi connectivity index (χ4v) is 9.29. The molecule has 0 radical (unpaired) electrons. The van der Waals surface area contributed by atoms with Crippen molar-refractivity contribution in [2.45, 2.75) is 62.9 Å². The van der Waals surface area contributed by atoms with Gasteiger partial charge in [0.05, 0.1) is 12.1 Å². The van der Waals surface area contributed by atoms with Gasteiger partial charge in [-0.05, 0) is 84.7 Å². The molecular formula is C33H36F4N6O. The van der Waals surface area contributed by atoms with Gasteiger partial charge in [-0.2, -0.15) is 10.2 Å². The number of nitrogens with one attached hydrogen (secondary N) is 2. The van der Waals surface area contributed by atoms with E-state index in [0.29, 0.717) is 41.6 Å². The molecule has 2 aromatic carbocycles. The topological polar surface area (TPSA) is 72.3 Å². The highest BCUT2D eigenvalue weighted by atomic mass is 19.1. The van der Waals surface area contributed by atoms with Gasteiger partial charge < -0.3 is 0 Å². The van der Waals surface area contributed by atoms with Gasteiger partial charge in [-0.3, -0.25) is 25.4 Å². The summed E-state index contributed by atoms with van der Waals surface area (Å²) in [6, 6.07) is 6.82. The van der Waals surface area contributed by atoms with E-state index in [9.17, 15) is 22.4 Å². The molecule has 10 atom stereocenters. The van der Waals surface area contributed by atoms with Crippen LogP contribution in [0.3, 0.4) is 0 Å². The van der Waals surface area contributed by atoms with Gasteiger partial charge in [0.2, 0.25) is 0 Å². The first kappa shape index (κ1) is 28.2. The number of hydrogen-bond acceptors (Lipinski definition) is 7. The van der Waals surface area contributed by atoms with Crippen molar-refractivity contribution in [2.75, 3.05) is 13.1 Å². The number of rotatable bonds is 6. The van der Waals surface area contributed by atoms with E-state index in [1.54, 1.807) is 0 Å². The first-order valence-electron chi connectivity index (χ1n) is 15.9. The minimum atomic E-state index is -0.593. The normalized spacial score (nSPS) is 37.4. The van der Waals surface area contributed by atoms with Crippen molar-refractivity contribution in [3.05, 3.63) is 70.8 Å². The number of Topliss-reactive ketones (excluding diaryl/α,β-unsaturated/α-hetero) is 1. The van der Waals surface area contributed by atoms with E-state index < -0.39 is 23.3 Å². The van der Waals surface area contributed by atoms with Crippen molar-refractivity contribution >= 4 is 18.2 Å². The Morgan fingerprint density at radius 1 is 0.636 bits per heavy atom. The Balaban J connectivity index is 0.931. The number of halogens is 4. The first-order chi connectivity index (χ1) is 21.3. The predicted molar refractivity (Wildman–Crippen MR) is 156 cm³/mol. The van der Waals surface area contributed by atoms with Crippen molar-refractivity contribution < 1.29 is 22.4 Å². The minimum Gasteiger partial charge on any atom is -0.299 e. The summed E-state index contributed by atoms with van der Waals surface area (Å²) >= 11 is 0. The molecule has 7 nitrogen and oxygen atoms in total. The minimum absolute atomic E-state index is 0.00527. The number of ketones is 1. The van der Waals surface area contributed by atoms with Crippen molar-refractivity contribution in [2.24, 2.45) is 45.7 Å². The van der Waals surface area contributed by atoms with Gasteiger partial charge in [0.1, 0.15) is 41.4 Å². The second-order valence-corrected chi connectivity index (χ2v) is 13.6. The van der Waals surface area contributed by atoms with E-state index in [-0.39, 0.29) is 48.1 Å². The van der Waals surface area contributed by atoms with E-state index in [1.165, 1.54) is 24.3 Å². The van der Waals surface area contributed by atoms with Crippen molar-refractivity contribution in [1.82, 2.24) is 20.7 Å². The Hall–Kier alpha value is -3.31. The molecule has 0 amide bonds. The molecule has 4 aliphatic heterocycles. The molecule has 2 aliphatic carbocycles. The Kier molecular flexibility index (Phi) is 7.01. The molecule has 0 spiro atoms. The molecule has 232 valence electrons. The van der Waals surface area contributed by atoms with Crippen LogP contribution >= 0.6 is 0 Å². The van der Waals surface area contributed by atoms with Crippen molar-refractivity contribution in [1.29, 1.82) is 0 Å². The predicted octanol–water partition coefficient (Wildman–Crippen LogP) is 5.12. The zero-order chi connectivity index (χ0) is 30.1. The standard InChI is InChI=1S/C33H36F4N6O/c34-23-7-17(8-24(35)13-23)29-1-3-40-42(29)32-27-11-19(5-21(27)15-38-32)31(44)20-6-22-16-39-33(28(22)12-20)43-30(2-4-41-43)18-9-25(36)14-26(37)10-18/h3-4,7-10,13-14,19-22,27-30,32-33,38-39H,1-2,5-6,11-12,15-16H2/t19?,20?,21-,22-,27-,28-,29?,30?,32?,33?/m0/s1. The Bertz CT molecular complexity index is 1370. The monoisotopic (exact) mass is 608 g/mol. The molecule has 2 saturated carbocycles. The average Bonchev–Trinajstić information content (AvgIpc) is 3.80. The number of hydrogen-bond donors (Lipinski definition) is 2. The van der Waals surface area contributed by atoms with Crippen LogP contribution in [-0.4, -0.2) is 53.7 Å². The summed E-state index contributed by atoms with van der Waals surface area (Å²) < 4.78 is 56.1. The second-order valence-electron chi connectivity index (χ2n) is 13.6. The maximum Gasteiger partial charge on any atom is 0.139 e. The molecule has 2 N–H and O–H groups in total. The van der Waals surface area contributed by atoms with Gasteiger partial charge in [-0.15, -0.1) is 0 Å². The van der Waals surface area contributed by atoms with Gasteiger partial charge in [0.15, 0.2) is 0 Å². The third-order valence-electron chi connectivity index (χ3n) is 11.1. The zero-order valence-electron chi connectivity index (χ0n) is 24.3. The molecule has 2 aromatic rings. The summed E-state index contributed by atoms with van der Waals surface area (Å²) in [6.07, 6.45) is 7.88. The smallest absolute Gasteiger partial charge is 0.139 e. The van der Waals surface area contributed by atoms with Gasteiger partial charge in [0.25, 0.3) is 0 Å². The Labute approximate surface area is 253 Å². The molecule has 4 fully saturated rings. The molecule has 11 heteroatoms. The number of carbonyl (C=O) groups is 1. The number of benzene rings is 2. The fraction of sp³-hybridized carbons (Fsp3) is 0.545. The van der Waals surface area contributed by atoms with Crippen LogP contribution in [0.2, 0.25) is 0 Å².